The van der Waals surface area contributed by atoms with E-state index in [1.54, 1.807) is 12.1 Å². The fourth-order valence-corrected chi connectivity index (χ4v) is 4.16. The van der Waals surface area contributed by atoms with Crippen LogP contribution in [0, 0.1) is 10.1 Å². The highest BCUT2D eigenvalue weighted by atomic mass is 16.6. The van der Waals surface area contributed by atoms with E-state index in [1.165, 1.54) is 56.2 Å². The van der Waals surface area contributed by atoms with E-state index in [0.717, 1.165) is 12.2 Å². The topological polar surface area (TPSA) is 117 Å². The first kappa shape index (κ1) is 38.4. The molecule has 0 radical (unpaired) electrons. The molecule has 0 N–H and O–H groups in total. The zero-order valence-corrected chi connectivity index (χ0v) is 27.0. The molecule has 2 aromatic rings. The molecule has 2 rings (SSSR count). The largest absolute Gasteiger partial charge is 0.491 e. The summed E-state index contributed by atoms with van der Waals surface area (Å²) in [7, 11) is 0. The first-order valence-electron chi connectivity index (χ1n) is 16.2. The van der Waals surface area contributed by atoms with Gasteiger partial charge in [0.15, 0.2) is 0 Å². The molecule has 0 spiro atoms. The van der Waals surface area contributed by atoms with E-state index in [9.17, 15) is 10.1 Å². The highest BCUT2D eigenvalue weighted by Crippen LogP contribution is 2.17. The van der Waals surface area contributed by atoms with Gasteiger partial charge in [0.05, 0.1) is 84.2 Å². The van der Waals surface area contributed by atoms with Crippen LogP contribution in [0.5, 0.6) is 11.5 Å². The van der Waals surface area contributed by atoms with Gasteiger partial charge < -0.3 is 37.9 Å². The number of aryl methyl sites for hydroxylation is 1. The maximum atomic E-state index is 10.6. The van der Waals surface area contributed by atoms with Crippen molar-refractivity contribution in [3.8, 4) is 11.5 Å². The van der Waals surface area contributed by atoms with Gasteiger partial charge in [0.25, 0.3) is 5.69 Å². The van der Waals surface area contributed by atoms with Gasteiger partial charge in [-0.25, -0.2) is 0 Å². The zero-order chi connectivity index (χ0) is 32.0. The highest BCUT2D eigenvalue weighted by molar-refractivity contribution is 5.35. The lowest BCUT2D eigenvalue weighted by atomic mass is 10.0. The Kier molecular flexibility index (Phi) is 23.5. The molecule has 0 unspecified atom stereocenters. The van der Waals surface area contributed by atoms with Gasteiger partial charge in [0.2, 0.25) is 0 Å². The Bertz CT molecular complexity index is 958. The Morgan fingerprint density at radius 3 is 1.24 bits per heavy atom. The van der Waals surface area contributed by atoms with Crippen LogP contribution in [-0.4, -0.2) is 97.4 Å². The molecule has 0 bridgehead atoms. The van der Waals surface area contributed by atoms with Gasteiger partial charge in [0.1, 0.15) is 24.7 Å². The third-order valence-electron chi connectivity index (χ3n) is 6.64. The van der Waals surface area contributed by atoms with E-state index in [4.69, 9.17) is 37.9 Å². The zero-order valence-electron chi connectivity index (χ0n) is 27.0. The molecule has 0 fully saturated rings. The van der Waals surface area contributed by atoms with Crippen LogP contribution in [0.1, 0.15) is 51.0 Å². The third kappa shape index (κ3) is 21.6. The minimum atomic E-state index is -0.447. The monoisotopic (exact) mass is 635 g/mol. The molecule has 0 aliphatic rings. The van der Waals surface area contributed by atoms with E-state index < -0.39 is 4.92 Å². The molecule has 45 heavy (non-hydrogen) atoms. The maximum absolute atomic E-state index is 10.6. The van der Waals surface area contributed by atoms with Crippen molar-refractivity contribution >= 4 is 5.69 Å². The summed E-state index contributed by atoms with van der Waals surface area (Å²) in [5.74, 6) is 1.44. The predicted octanol–water partition coefficient (Wildman–Crippen LogP) is 6.06. The van der Waals surface area contributed by atoms with E-state index in [1.807, 2.05) is 12.1 Å². The second kappa shape index (κ2) is 27.5. The number of hydrogen-bond donors (Lipinski definition) is 0. The number of nitrogens with zero attached hydrogens (tertiary/aromatic N) is 1. The minimum absolute atomic E-state index is 0.0305. The predicted molar refractivity (Wildman–Crippen MR) is 173 cm³/mol. The Morgan fingerprint density at radius 2 is 0.844 bits per heavy atom. The van der Waals surface area contributed by atoms with Crippen molar-refractivity contribution in [1.29, 1.82) is 0 Å². The van der Waals surface area contributed by atoms with Gasteiger partial charge in [0, 0.05) is 12.1 Å². The summed E-state index contributed by atoms with van der Waals surface area (Å²) in [6.07, 6.45) is 9.06. The molecule has 11 heteroatoms. The molecular formula is C34H53NO10. The van der Waals surface area contributed by atoms with Crippen molar-refractivity contribution in [3.63, 3.8) is 0 Å². The fraction of sp³-hybridized carbons (Fsp3) is 0.647. The van der Waals surface area contributed by atoms with Gasteiger partial charge in [-0.15, -0.1) is 0 Å². The van der Waals surface area contributed by atoms with Crippen LogP contribution in [0.4, 0.5) is 5.69 Å². The molecule has 2 aromatic carbocycles. The lowest BCUT2D eigenvalue weighted by Crippen LogP contribution is -2.15. The quantitative estimate of drug-likeness (QED) is 0.0550. The van der Waals surface area contributed by atoms with Crippen LogP contribution >= 0.6 is 0 Å². The van der Waals surface area contributed by atoms with Crippen molar-refractivity contribution in [2.45, 2.75) is 51.9 Å². The summed E-state index contributed by atoms with van der Waals surface area (Å²) >= 11 is 0. The van der Waals surface area contributed by atoms with Crippen molar-refractivity contribution in [1.82, 2.24) is 0 Å². The number of rotatable bonds is 31. The normalized spacial score (nSPS) is 11.1. The molecule has 0 aliphatic heterocycles. The summed E-state index contributed by atoms with van der Waals surface area (Å²) in [5, 5.41) is 10.6. The Labute approximate surface area is 268 Å². The van der Waals surface area contributed by atoms with Gasteiger partial charge in [-0.3, -0.25) is 10.1 Å². The second-order valence-corrected chi connectivity index (χ2v) is 10.3. The Hall–Kier alpha value is -2.80. The summed E-state index contributed by atoms with van der Waals surface area (Å²) in [4.78, 5) is 10.2. The van der Waals surface area contributed by atoms with Gasteiger partial charge in [-0.1, -0.05) is 51.2 Å². The Morgan fingerprint density at radius 1 is 0.489 bits per heavy atom. The van der Waals surface area contributed by atoms with Gasteiger partial charge in [-0.2, -0.15) is 0 Å². The molecule has 11 nitrogen and oxygen atoms in total. The van der Waals surface area contributed by atoms with Gasteiger partial charge in [-0.05, 0) is 42.7 Å². The van der Waals surface area contributed by atoms with Crippen LogP contribution in [0.15, 0.2) is 48.5 Å². The lowest BCUT2D eigenvalue weighted by molar-refractivity contribution is -0.384. The molecule has 0 atom stereocenters. The minimum Gasteiger partial charge on any atom is -0.491 e. The number of hydrogen-bond acceptors (Lipinski definition) is 10. The van der Waals surface area contributed by atoms with E-state index in [2.05, 4.69) is 19.1 Å². The molecule has 0 aromatic heterocycles. The molecule has 0 aliphatic carbocycles. The third-order valence-corrected chi connectivity index (χ3v) is 6.64. The van der Waals surface area contributed by atoms with Gasteiger partial charge >= 0.3 is 0 Å². The molecule has 0 amide bonds. The van der Waals surface area contributed by atoms with Crippen LogP contribution in [0.3, 0.4) is 0 Å². The molecule has 0 saturated carbocycles. The highest BCUT2D eigenvalue weighted by Gasteiger charge is 2.04. The smallest absolute Gasteiger partial charge is 0.269 e. The first-order valence-corrected chi connectivity index (χ1v) is 16.2. The first-order chi connectivity index (χ1) is 22.2. The van der Waals surface area contributed by atoms with Crippen LogP contribution in [-0.2, 0) is 34.8 Å². The number of benzene rings is 2. The number of unbranched alkanes of at least 4 members (excludes halogenated alkanes) is 5. The average molecular weight is 636 g/mol. The number of nitro benzene ring substituents is 1. The molecular weight excluding hydrogens is 582 g/mol. The summed E-state index contributed by atoms with van der Waals surface area (Å²) < 4.78 is 44.2. The van der Waals surface area contributed by atoms with E-state index in [-0.39, 0.29) is 5.69 Å². The number of ether oxygens (including phenoxy) is 8. The maximum Gasteiger partial charge on any atom is 0.269 e. The Balaban J connectivity index is 1.24. The summed E-state index contributed by atoms with van der Waals surface area (Å²) in [6.45, 7) is 8.92. The standard InChI is InChI=1S/C34H53NO10/c1-2-3-4-5-6-7-8-31-9-13-33(14-10-31)44-29-27-42-25-23-40-21-19-38-17-18-39-20-22-41-24-26-43-28-30-45-34-15-11-32(12-16-34)35(36)37/h9-16H,2-8,17-30H2,1H3. The molecule has 0 heterocycles. The van der Waals surface area contributed by atoms with Crippen molar-refractivity contribution < 1.29 is 42.8 Å². The van der Waals surface area contributed by atoms with Crippen molar-refractivity contribution in [2.24, 2.45) is 0 Å². The van der Waals surface area contributed by atoms with Crippen molar-refractivity contribution in [2.75, 3.05) is 92.5 Å². The summed E-state index contributed by atoms with van der Waals surface area (Å²) in [5.41, 5.74) is 1.40. The average Bonchev–Trinajstić information content (AvgIpc) is 3.06. The SMILES string of the molecule is CCCCCCCCc1ccc(OCCOCCOCCOCCOCCOCCOCCOc2ccc([N+](=O)[O-])cc2)cc1. The van der Waals surface area contributed by atoms with E-state index in [0.29, 0.717) is 98.2 Å². The van der Waals surface area contributed by atoms with E-state index >= 15 is 0 Å². The number of non-ortho nitro benzene ring substituents is 1. The van der Waals surface area contributed by atoms with Crippen LogP contribution in [0.2, 0.25) is 0 Å². The molecule has 254 valence electrons. The van der Waals surface area contributed by atoms with Crippen LogP contribution < -0.4 is 9.47 Å². The van der Waals surface area contributed by atoms with Crippen molar-refractivity contribution in [3.05, 3.63) is 64.2 Å². The van der Waals surface area contributed by atoms with Crippen LogP contribution in [0.25, 0.3) is 0 Å². The summed E-state index contributed by atoms with van der Waals surface area (Å²) in [6, 6.07) is 14.3. The fourth-order valence-electron chi connectivity index (χ4n) is 4.16. The second-order valence-electron chi connectivity index (χ2n) is 10.3. The lowest BCUT2D eigenvalue weighted by Gasteiger charge is -2.09. The number of nitro groups is 1. The molecule has 0 saturated heterocycles.